The molecule has 5 nitrogen and oxygen atoms in total. The van der Waals surface area contributed by atoms with E-state index >= 15 is 0 Å². The number of primary amides is 1. The fourth-order valence-corrected chi connectivity index (χ4v) is 3.75. The Hall–Kier alpha value is -0.730. The lowest BCUT2D eigenvalue weighted by Gasteiger charge is -2.34. The molecule has 1 atom stereocenters. The number of amides is 1. The summed E-state index contributed by atoms with van der Waals surface area (Å²) in [7, 11) is 1.79. The molecule has 146 valence electrons. The van der Waals surface area contributed by atoms with Crippen LogP contribution in [0.2, 0.25) is 10.0 Å². The van der Waals surface area contributed by atoms with Gasteiger partial charge in [-0.05, 0) is 49.3 Å². The number of nitrogens with zero attached hydrogens (tertiary/aromatic N) is 2. The number of carbonyl (C=O) groups is 1. The van der Waals surface area contributed by atoms with E-state index in [0.717, 1.165) is 56.8 Å². The number of piperidine rings is 1. The molecule has 1 aromatic rings. The van der Waals surface area contributed by atoms with Crippen LogP contribution in [0.3, 0.4) is 0 Å². The quantitative estimate of drug-likeness (QED) is 0.264. The van der Waals surface area contributed by atoms with Crippen molar-refractivity contribution in [1.29, 1.82) is 0 Å². The van der Waals surface area contributed by atoms with Crippen LogP contribution in [0.15, 0.2) is 23.2 Å². The highest BCUT2D eigenvalue weighted by atomic mass is 127. The van der Waals surface area contributed by atoms with Gasteiger partial charge in [-0.2, -0.15) is 0 Å². The molecule has 3 N–H and O–H groups in total. The summed E-state index contributed by atoms with van der Waals surface area (Å²) < 4.78 is 0. The zero-order chi connectivity index (χ0) is 18.2. The Morgan fingerprint density at radius 1 is 1.42 bits per heavy atom. The van der Waals surface area contributed by atoms with Crippen molar-refractivity contribution in [3.8, 4) is 0 Å². The molecule has 2 rings (SSSR count). The SMILES string of the molecule is CN=C(NCCCc1ccc(Cl)cc1Cl)N1CCCC(CC(N)=O)C1.I. The van der Waals surface area contributed by atoms with Gasteiger partial charge in [-0.15, -0.1) is 24.0 Å². The highest BCUT2D eigenvalue weighted by Gasteiger charge is 2.23. The van der Waals surface area contributed by atoms with E-state index < -0.39 is 0 Å². The average molecular weight is 513 g/mol. The summed E-state index contributed by atoms with van der Waals surface area (Å²) in [6.07, 6.45) is 4.37. The van der Waals surface area contributed by atoms with Crippen LogP contribution in [0.4, 0.5) is 0 Å². The fourth-order valence-electron chi connectivity index (χ4n) is 3.24. The van der Waals surface area contributed by atoms with Gasteiger partial charge in [0.25, 0.3) is 0 Å². The number of nitrogens with one attached hydrogen (secondary N) is 1. The van der Waals surface area contributed by atoms with E-state index in [1.165, 1.54) is 0 Å². The summed E-state index contributed by atoms with van der Waals surface area (Å²) in [6.45, 7) is 2.59. The van der Waals surface area contributed by atoms with Gasteiger partial charge < -0.3 is 16.0 Å². The van der Waals surface area contributed by atoms with Crippen molar-refractivity contribution in [2.75, 3.05) is 26.7 Å². The maximum atomic E-state index is 11.1. The van der Waals surface area contributed by atoms with Gasteiger partial charge in [-0.3, -0.25) is 9.79 Å². The molecule has 1 heterocycles. The Morgan fingerprint density at radius 3 is 2.85 bits per heavy atom. The molecular formula is C18H27Cl2IN4O. The predicted octanol–water partition coefficient (Wildman–Crippen LogP) is 3.71. The molecule has 1 fully saturated rings. The molecule has 1 aliphatic heterocycles. The van der Waals surface area contributed by atoms with Gasteiger partial charge in [-0.25, -0.2) is 0 Å². The van der Waals surface area contributed by atoms with E-state index in [4.69, 9.17) is 28.9 Å². The minimum Gasteiger partial charge on any atom is -0.370 e. The molecule has 0 saturated carbocycles. The van der Waals surface area contributed by atoms with E-state index in [1.807, 2.05) is 12.1 Å². The minimum absolute atomic E-state index is 0. The number of benzene rings is 1. The van der Waals surface area contributed by atoms with Crippen LogP contribution in [0, 0.1) is 5.92 Å². The van der Waals surface area contributed by atoms with E-state index in [1.54, 1.807) is 13.1 Å². The molecule has 0 spiro atoms. The van der Waals surface area contributed by atoms with Crippen LogP contribution in [-0.4, -0.2) is 43.4 Å². The third-order valence-corrected chi connectivity index (χ3v) is 5.03. The van der Waals surface area contributed by atoms with Gasteiger partial charge in [0.15, 0.2) is 5.96 Å². The zero-order valence-electron chi connectivity index (χ0n) is 15.0. The van der Waals surface area contributed by atoms with Crippen molar-refractivity contribution in [2.24, 2.45) is 16.6 Å². The van der Waals surface area contributed by atoms with Gasteiger partial charge in [-0.1, -0.05) is 29.3 Å². The van der Waals surface area contributed by atoms with Gasteiger partial charge in [0.05, 0.1) is 0 Å². The monoisotopic (exact) mass is 512 g/mol. The lowest BCUT2D eigenvalue weighted by atomic mass is 9.95. The van der Waals surface area contributed by atoms with Crippen LogP contribution in [0.25, 0.3) is 0 Å². The molecule has 0 radical (unpaired) electrons. The van der Waals surface area contributed by atoms with Crippen LogP contribution >= 0.6 is 47.2 Å². The minimum atomic E-state index is -0.227. The molecule has 8 heteroatoms. The van der Waals surface area contributed by atoms with Gasteiger partial charge in [0.2, 0.25) is 5.91 Å². The summed E-state index contributed by atoms with van der Waals surface area (Å²) in [5.41, 5.74) is 6.43. The summed E-state index contributed by atoms with van der Waals surface area (Å²) >= 11 is 12.1. The topological polar surface area (TPSA) is 70.7 Å². The number of carbonyl (C=O) groups excluding carboxylic acids is 1. The first-order valence-electron chi connectivity index (χ1n) is 8.67. The van der Waals surface area contributed by atoms with Crippen molar-refractivity contribution in [1.82, 2.24) is 10.2 Å². The van der Waals surface area contributed by atoms with Crippen molar-refractivity contribution in [3.63, 3.8) is 0 Å². The van der Waals surface area contributed by atoms with Gasteiger partial charge in [0.1, 0.15) is 0 Å². The standard InChI is InChI=1S/C18H26Cl2N4O.HI/c1-22-18(24-9-3-4-13(12-24)10-17(21)25)23-8-2-5-14-6-7-15(19)11-16(14)20;/h6-7,11,13H,2-5,8-10,12H2,1H3,(H2,21,25)(H,22,23);1H. The molecule has 0 bridgehead atoms. The summed E-state index contributed by atoms with van der Waals surface area (Å²) in [5, 5.41) is 4.77. The van der Waals surface area contributed by atoms with Crippen molar-refractivity contribution in [3.05, 3.63) is 33.8 Å². The normalized spacial score (nSPS) is 17.6. The molecule has 1 saturated heterocycles. The van der Waals surface area contributed by atoms with E-state index in [-0.39, 0.29) is 29.9 Å². The first-order valence-corrected chi connectivity index (χ1v) is 9.43. The molecule has 1 aliphatic rings. The van der Waals surface area contributed by atoms with Crippen LogP contribution in [0.5, 0.6) is 0 Å². The Bertz CT molecular complexity index is 627. The first-order chi connectivity index (χ1) is 12.0. The van der Waals surface area contributed by atoms with Crippen LogP contribution < -0.4 is 11.1 Å². The number of guanidine groups is 1. The number of rotatable bonds is 6. The van der Waals surface area contributed by atoms with Crippen molar-refractivity contribution < 1.29 is 4.79 Å². The molecular weight excluding hydrogens is 486 g/mol. The highest BCUT2D eigenvalue weighted by Crippen LogP contribution is 2.22. The van der Waals surface area contributed by atoms with Crippen LogP contribution in [-0.2, 0) is 11.2 Å². The summed E-state index contributed by atoms with van der Waals surface area (Å²) in [5.74, 6) is 0.976. The van der Waals surface area contributed by atoms with Gasteiger partial charge in [0, 0.05) is 43.1 Å². The Balaban J connectivity index is 0.00000338. The summed E-state index contributed by atoms with van der Waals surface area (Å²) in [6, 6.07) is 5.61. The van der Waals surface area contributed by atoms with E-state index in [2.05, 4.69) is 15.2 Å². The molecule has 1 aromatic carbocycles. The second kappa shape index (κ2) is 11.9. The molecule has 26 heavy (non-hydrogen) atoms. The Morgan fingerprint density at radius 2 is 2.19 bits per heavy atom. The number of hydrogen-bond acceptors (Lipinski definition) is 2. The third kappa shape index (κ3) is 7.48. The zero-order valence-corrected chi connectivity index (χ0v) is 18.9. The number of aliphatic imine (C=N–C) groups is 1. The maximum Gasteiger partial charge on any atom is 0.217 e. The second-order valence-electron chi connectivity index (χ2n) is 6.44. The smallest absolute Gasteiger partial charge is 0.217 e. The number of aryl methyl sites for hydroxylation is 1. The highest BCUT2D eigenvalue weighted by molar-refractivity contribution is 14.0. The Kier molecular flexibility index (Phi) is 10.6. The molecule has 0 aromatic heterocycles. The van der Waals surface area contributed by atoms with E-state index in [9.17, 15) is 4.79 Å². The van der Waals surface area contributed by atoms with Gasteiger partial charge >= 0.3 is 0 Å². The van der Waals surface area contributed by atoms with Crippen molar-refractivity contribution in [2.45, 2.75) is 32.1 Å². The number of likely N-dealkylation sites (tertiary alicyclic amines) is 1. The predicted molar refractivity (Wildman–Crippen MR) is 120 cm³/mol. The lowest BCUT2D eigenvalue weighted by Crippen LogP contribution is -2.47. The fraction of sp³-hybridized carbons (Fsp3) is 0.556. The largest absolute Gasteiger partial charge is 0.370 e. The third-order valence-electron chi connectivity index (χ3n) is 4.44. The molecule has 1 amide bonds. The van der Waals surface area contributed by atoms with Crippen molar-refractivity contribution >= 4 is 59.0 Å². The Labute approximate surface area is 182 Å². The molecule has 0 aliphatic carbocycles. The lowest BCUT2D eigenvalue weighted by molar-refractivity contribution is -0.119. The first kappa shape index (κ1) is 23.3. The number of halogens is 3. The van der Waals surface area contributed by atoms with Crippen LogP contribution in [0.1, 0.15) is 31.2 Å². The van der Waals surface area contributed by atoms with E-state index in [0.29, 0.717) is 22.4 Å². The molecule has 1 unspecified atom stereocenters. The number of nitrogens with two attached hydrogens (primary N) is 1. The average Bonchev–Trinajstić information content (AvgIpc) is 2.56. The number of hydrogen-bond donors (Lipinski definition) is 2. The summed E-state index contributed by atoms with van der Waals surface area (Å²) in [4.78, 5) is 17.7. The second-order valence-corrected chi connectivity index (χ2v) is 7.28. The maximum absolute atomic E-state index is 11.1.